The van der Waals surface area contributed by atoms with E-state index in [9.17, 15) is 9.90 Å². The molecule has 2 aliphatic rings. The maximum Gasteiger partial charge on any atom is 0.235 e. The van der Waals surface area contributed by atoms with E-state index in [1.54, 1.807) is 12.1 Å². The van der Waals surface area contributed by atoms with Gasteiger partial charge in [0.2, 0.25) is 5.91 Å². The molecule has 0 atom stereocenters. The van der Waals surface area contributed by atoms with Crippen molar-refractivity contribution in [2.24, 2.45) is 0 Å². The third-order valence-corrected chi connectivity index (χ3v) is 2.98. The van der Waals surface area contributed by atoms with Gasteiger partial charge in [-0.2, -0.15) is 0 Å². The maximum absolute atomic E-state index is 11.5. The Labute approximate surface area is 75.4 Å². The van der Waals surface area contributed by atoms with Gasteiger partial charge in [-0.1, -0.05) is 12.1 Å². The highest BCUT2D eigenvalue weighted by molar-refractivity contribution is 6.09. The molecule has 1 aromatic rings. The van der Waals surface area contributed by atoms with E-state index in [4.69, 9.17) is 0 Å². The van der Waals surface area contributed by atoms with Gasteiger partial charge in [0, 0.05) is 0 Å². The van der Waals surface area contributed by atoms with Crippen LogP contribution in [0.4, 0.5) is 5.69 Å². The van der Waals surface area contributed by atoms with Crippen molar-refractivity contribution in [3.8, 4) is 5.75 Å². The third kappa shape index (κ3) is 0.674. The molecule has 1 fully saturated rings. The van der Waals surface area contributed by atoms with Crippen LogP contribution in [0.1, 0.15) is 18.4 Å². The lowest BCUT2D eigenvalue weighted by Crippen LogP contribution is -2.18. The molecule has 1 saturated carbocycles. The van der Waals surface area contributed by atoms with E-state index < -0.39 is 0 Å². The van der Waals surface area contributed by atoms with Gasteiger partial charge in [-0.3, -0.25) is 4.79 Å². The Morgan fingerprint density at radius 1 is 1.38 bits per heavy atom. The summed E-state index contributed by atoms with van der Waals surface area (Å²) in [6.07, 6.45) is 1.82. The van der Waals surface area contributed by atoms with Crippen LogP contribution in [0.5, 0.6) is 5.75 Å². The van der Waals surface area contributed by atoms with E-state index in [1.165, 1.54) is 0 Å². The molecular formula is C10H9NO2. The Bertz CT molecular complexity index is 407. The van der Waals surface area contributed by atoms with E-state index >= 15 is 0 Å². The Hall–Kier alpha value is -1.51. The number of phenols is 1. The minimum Gasteiger partial charge on any atom is -0.506 e. The molecule has 3 rings (SSSR count). The topological polar surface area (TPSA) is 49.3 Å². The van der Waals surface area contributed by atoms with Crippen molar-refractivity contribution in [1.29, 1.82) is 0 Å². The normalized spacial score (nSPS) is 21.4. The number of para-hydroxylation sites is 1. The van der Waals surface area contributed by atoms with Crippen molar-refractivity contribution in [1.82, 2.24) is 0 Å². The number of fused-ring (bicyclic) bond motifs is 2. The Morgan fingerprint density at radius 3 is 2.85 bits per heavy atom. The molecule has 1 heterocycles. The first-order valence-electron chi connectivity index (χ1n) is 4.38. The second-order valence-electron chi connectivity index (χ2n) is 3.74. The lowest BCUT2D eigenvalue weighted by molar-refractivity contribution is -0.117. The van der Waals surface area contributed by atoms with Crippen molar-refractivity contribution in [2.45, 2.75) is 18.3 Å². The minimum atomic E-state index is -0.284. The fraction of sp³-hybridized carbons (Fsp3) is 0.300. The van der Waals surface area contributed by atoms with Crippen LogP contribution in [0, 0.1) is 0 Å². The van der Waals surface area contributed by atoms with Crippen molar-refractivity contribution in [3.05, 3.63) is 23.8 Å². The molecule has 1 aliphatic heterocycles. The summed E-state index contributed by atoms with van der Waals surface area (Å²) < 4.78 is 0. The van der Waals surface area contributed by atoms with Crippen LogP contribution >= 0.6 is 0 Å². The van der Waals surface area contributed by atoms with Gasteiger partial charge < -0.3 is 10.4 Å². The lowest BCUT2D eigenvalue weighted by Gasteiger charge is -2.03. The van der Waals surface area contributed by atoms with Crippen LogP contribution in [-0.4, -0.2) is 11.0 Å². The van der Waals surface area contributed by atoms with Gasteiger partial charge in [-0.15, -0.1) is 0 Å². The first kappa shape index (κ1) is 6.95. The van der Waals surface area contributed by atoms with E-state index in [0.29, 0.717) is 5.69 Å². The van der Waals surface area contributed by atoms with Crippen LogP contribution in [0.3, 0.4) is 0 Å². The standard InChI is InChI=1S/C10H9NO2/c12-7-3-1-2-6-8(7)11-9(13)10(6)4-5-10/h1-3,12H,4-5H2,(H,11,13). The van der Waals surface area contributed by atoms with Crippen LogP contribution in [0.15, 0.2) is 18.2 Å². The first-order chi connectivity index (χ1) is 6.24. The fourth-order valence-electron chi connectivity index (χ4n) is 2.05. The molecule has 2 N–H and O–H groups in total. The number of aromatic hydroxyl groups is 1. The molecule has 0 aromatic heterocycles. The molecule has 13 heavy (non-hydrogen) atoms. The smallest absolute Gasteiger partial charge is 0.235 e. The van der Waals surface area contributed by atoms with Gasteiger partial charge in [0.15, 0.2) is 0 Å². The number of anilines is 1. The molecule has 1 aliphatic carbocycles. The average molecular weight is 175 g/mol. The van der Waals surface area contributed by atoms with E-state index in [2.05, 4.69) is 5.32 Å². The van der Waals surface area contributed by atoms with Crippen molar-refractivity contribution < 1.29 is 9.90 Å². The van der Waals surface area contributed by atoms with Crippen LogP contribution in [0.25, 0.3) is 0 Å². The van der Waals surface area contributed by atoms with Gasteiger partial charge in [0.25, 0.3) is 0 Å². The zero-order chi connectivity index (χ0) is 9.05. The Balaban J connectivity index is 2.28. The molecule has 0 unspecified atom stereocenters. The summed E-state index contributed by atoms with van der Waals surface area (Å²) in [4.78, 5) is 11.5. The monoisotopic (exact) mass is 175 g/mol. The SMILES string of the molecule is O=C1Nc2c(O)cccc2C12CC2. The predicted molar refractivity (Wildman–Crippen MR) is 47.6 cm³/mol. The van der Waals surface area contributed by atoms with Crippen LogP contribution < -0.4 is 5.32 Å². The van der Waals surface area contributed by atoms with Gasteiger partial charge >= 0.3 is 0 Å². The van der Waals surface area contributed by atoms with Crippen molar-refractivity contribution >= 4 is 11.6 Å². The molecule has 3 nitrogen and oxygen atoms in total. The van der Waals surface area contributed by atoms with Crippen molar-refractivity contribution in [3.63, 3.8) is 0 Å². The molecule has 3 heteroatoms. The number of benzene rings is 1. The number of carbonyl (C=O) groups excluding carboxylic acids is 1. The van der Waals surface area contributed by atoms with Crippen molar-refractivity contribution in [2.75, 3.05) is 5.32 Å². The van der Waals surface area contributed by atoms with Crippen LogP contribution in [0.2, 0.25) is 0 Å². The summed E-state index contributed by atoms with van der Waals surface area (Å²) in [5.41, 5.74) is 1.30. The zero-order valence-corrected chi connectivity index (χ0v) is 7.00. The van der Waals surface area contributed by atoms with Gasteiger partial charge in [-0.25, -0.2) is 0 Å². The summed E-state index contributed by atoms with van der Waals surface area (Å²) in [5.74, 6) is 0.221. The summed E-state index contributed by atoms with van der Waals surface area (Å²) in [7, 11) is 0. The molecule has 1 aromatic carbocycles. The molecule has 1 spiro atoms. The van der Waals surface area contributed by atoms with Gasteiger partial charge in [-0.05, 0) is 24.5 Å². The number of carbonyl (C=O) groups is 1. The lowest BCUT2D eigenvalue weighted by atomic mass is 9.98. The second-order valence-corrected chi connectivity index (χ2v) is 3.74. The molecule has 0 bridgehead atoms. The molecule has 1 amide bonds. The number of hydrogen-bond acceptors (Lipinski definition) is 2. The highest BCUT2D eigenvalue weighted by atomic mass is 16.3. The summed E-state index contributed by atoms with van der Waals surface area (Å²) >= 11 is 0. The third-order valence-electron chi connectivity index (χ3n) is 2.98. The Kier molecular flexibility index (Phi) is 0.998. The molecular weight excluding hydrogens is 166 g/mol. The second kappa shape index (κ2) is 1.87. The molecule has 0 saturated heterocycles. The predicted octanol–water partition coefficient (Wildman–Crippen LogP) is 1.38. The summed E-state index contributed by atoms with van der Waals surface area (Å²) in [6, 6.07) is 5.30. The maximum atomic E-state index is 11.5. The largest absolute Gasteiger partial charge is 0.506 e. The van der Waals surface area contributed by atoms with Gasteiger partial charge in [0.05, 0.1) is 11.1 Å². The minimum absolute atomic E-state index is 0.0454. The molecule has 0 radical (unpaired) electrons. The summed E-state index contributed by atoms with van der Waals surface area (Å²) in [6.45, 7) is 0. The van der Waals surface area contributed by atoms with Crippen LogP contribution in [-0.2, 0) is 10.2 Å². The van der Waals surface area contributed by atoms with Gasteiger partial charge in [0.1, 0.15) is 5.75 Å². The molecule has 66 valence electrons. The summed E-state index contributed by atoms with van der Waals surface area (Å²) in [5, 5.41) is 12.2. The number of amides is 1. The Morgan fingerprint density at radius 2 is 2.15 bits per heavy atom. The highest BCUT2D eigenvalue weighted by Crippen LogP contribution is 2.56. The number of hydrogen-bond donors (Lipinski definition) is 2. The fourth-order valence-corrected chi connectivity index (χ4v) is 2.05. The number of phenolic OH excluding ortho intramolecular Hbond substituents is 1. The average Bonchev–Trinajstić information content (AvgIpc) is 2.83. The zero-order valence-electron chi connectivity index (χ0n) is 7.00. The van der Waals surface area contributed by atoms with E-state index in [1.807, 2.05) is 6.07 Å². The van der Waals surface area contributed by atoms with E-state index in [0.717, 1.165) is 18.4 Å². The van der Waals surface area contributed by atoms with E-state index in [-0.39, 0.29) is 17.1 Å². The first-order valence-corrected chi connectivity index (χ1v) is 4.38. The number of nitrogens with one attached hydrogen (secondary N) is 1. The quantitative estimate of drug-likeness (QED) is 0.585. The number of rotatable bonds is 0. The highest BCUT2D eigenvalue weighted by Gasteiger charge is 2.56.